The van der Waals surface area contributed by atoms with Crippen molar-refractivity contribution in [1.82, 2.24) is 0 Å². The third kappa shape index (κ3) is 17.5. The summed E-state index contributed by atoms with van der Waals surface area (Å²) in [6.45, 7) is 1.08. The van der Waals surface area contributed by atoms with Crippen LogP contribution < -0.4 is 0 Å². The second kappa shape index (κ2) is 9.56. The Labute approximate surface area is 124 Å². The Morgan fingerprint density at radius 3 is 0.917 bits per heavy atom. The largest absolute Gasteiger partial charge is 0.491 e. The Morgan fingerprint density at radius 1 is 0.667 bits per heavy atom. The number of halogens is 9. The lowest BCUT2D eigenvalue weighted by atomic mass is 10.6. The fourth-order valence-corrected chi connectivity index (χ4v) is 0.200. The number of hydrogen-bond acceptors (Lipinski definition) is 5. The minimum absolute atomic E-state index is 0.833. The molecule has 0 aromatic carbocycles. The molecule has 0 bridgehead atoms. The molecule has 16 heteroatoms. The first-order valence-electron chi connectivity index (χ1n) is 4.62. The maximum absolute atomic E-state index is 11.2. The van der Waals surface area contributed by atoms with Gasteiger partial charge in [0, 0.05) is 6.92 Å². The van der Waals surface area contributed by atoms with Gasteiger partial charge in [-0.2, -0.15) is 39.5 Å². The SMILES string of the molecule is CC(=O)O.O=C(O)C(F)(F)F.O=C(OC(=O)C(F)(F)F)C(F)(F)F. The molecule has 0 fully saturated rings. The minimum Gasteiger partial charge on any atom is -0.481 e. The molecule has 142 valence electrons. The van der Waals surface area contributed by atoms with Gasteiger partial charge >= 0.3 is 36.4 Å². The Balaban J connectivity index is -0.000000335. The second-order valence-electron chi connectivity index (χ2n) is 2.99. The lowest BCUT2D eigenvalue weighted by Gasteiger charge is -2.06. The average molecular weight is 384 g/mol. The van der Waals surface area contributed by atoms with Gasteiger partial charge < -0.3 is 14.9 Å². The van der Waals surface area contributed by atoms with Gasteiger partial charge in [-0.15, -0.1) is 0 Å². The predicted molar refractivity (Wildman–Crippen MR) is 50.2 cm³/mol. The van der Waals surface area contributed by atoms with E-state index in [4.69, 9.17) is 19.8 Å². The number of ether oxygens (including phenoxy) is 1. The van der Waals surface area contributed by atoms with Crippen LogP contribution >= 0.6 is 0 Å². The first-order chi connectivity index (χ1) is 10.2. The summed E-state index contributed by atoms with van der Waals surface area (Å²) in [5.41, 5.74) is 0. The molecule has 0 saturated carbocycles. The third-order valence-corrected chi connectivity index (χ3v) is 0.891. The van der Waals surface area contributed by atoms with E-state index in [0.717, 1.165) is 6.92 Å². The molecule has 0 spiro atoms. The number of esters is 2. The van der Waals surface area contributed by atoms with Gasteiger partial charge in [0.15, 0.2) is 0 Å². The fraction of sp³-hybridized carbons (Fsp3) is 0.500. The maximum atomic E-state index is 11.2. The predicted octanol–water partition coefficient (Wildman–Crippen LogP) is 1.91. The molecule has 0 saturated heterocycles. The number of carbonyl (C=O) groups is 4. The van der Waals surface area contributed by atoms with Gasteiger partial charge in [0.1, 0.15) is 0 Å². The number of alkyl halides is 9. The summed E-state index contributed by atoms with van der Waals surface area (Å²) in [6, 6.07) is 0. The highest BCUT2D eigenvalue weighted by Gasteiger charge is 2.49. The van der Waals surface area contributed by atoms with Crippen molar-refractivity contribution in [1.29, 1.82) is 0 Å². The van der Waals surface area contributed by atoms with E-state index in [1.165, 1.54) is 0 Å². The summed E-state index contributed by atoms with van der Waals surface area (Å²) in [5.74, 6) is -9.99. The molecular formula is C8H5F9O7. The zero-order valence-electron chi connectivity index (χ0n) is 10.8. The molecule has 0 atom stereocenters. The zero-order valence-corrected chi connectivity index (χ0v) is 10.8. The second-order valence-corrected chi connectivity index (χ2v) is 2.99. The number of hydrogen-bond donors (Lipinski definition) is 2. The van der Waals surface area contributed by atoms with Crippen molar-refractivity contribution < 1.29 is 73.6 Å². The van der Waals surface area contributed by atoms with Crippen LogP contribution in [0.15, 0.2) is 0 Å². The van der Waals surface area contributed by atoms with E-state index in [2.05, 4.69) is 4.74 Å². The van der Waals surface area contributed by atoms with Crippen molar-refractivity contribution in [3.05, 3.63) is 0 Å². The number of carboxylic acids is 2. The van der Waals surface area contributed by atoms with Crippen LogP contribution in [0.1, 0.15) is 6.92 Å². The third-order valence-electron chi connectivity index (χ3n) is 0.891. The fourth-order valence-electron chi connectivity index (χ4n) is 0.200. The van der Waals surface area contributed by atoms with Crippen molar-refractivity contribution in [2.75, 3.05) is 0 Å². The summed E-state index contributed by atoms with van der Waals surface area (Å²) in [4.78, 5) is 37.2. The Morgan fingerprint density at radius 2 is 0.833 bits per heavy atom. The number of carbonyl (C=O) groups excluding carboxylic acids is 2. The Bertz CT molecular complexity index is 432. The molecule has 0 aliphatic carbocycles. The highest BCUT2D eigenvalue weighted by molar-refractivity contribution is 5.90. The molecule has 0 aliphatic heterocycles. The smallest absolute Gasteiger partial charge is 0.481 e. The van der Waals surface area contributed by atoms with Gasteiger partial charge in [-0.3, -0.25) is 4.79 Å². The minimum atomic E-state index is -5.62. The summed E-state index contributed by atoms with van der Waals surface area (Å²) in [7, 11) is 0. The van der Waals surface area contributed by atoms with Crippen LogP contribution in [-0.2, 0) is 23.9 Å². The van der Waals surface area contributed by atoms with Crippen LogP contribution in [0.25, 0.3) is 0 Å². The summed E-state index contributed by atoms with van der Waals surface area (Å²) in [5, 5.41) is 14.5. The number of aliphatic carboxylic acids is 2. The maximum Gasteiger partial charge on any atom is 0.491 e. The molecule has 0 rings (SSSR count). The van der Waals surface area contributed by atoms with Crippen LogP contribution in [0.3, 0.4) is 0 Å². The lowest BCUT2D eigenvalue weighted by molar-refractivity contribution is -0.221. The van der Waals surface area contributed by atoms with Gasteiger partial charge in [-0.1, -0.05) is 0 Å². The van der Waals surface area contributed by atoms with Gasteiger partial charge in [0.05, 0.1) is 0 Å². The van der Waals surface area contributed by atoms with Crippen molar-refractivity contribution in [2.45, 2.75) is 25.5 Å². The Hall–Kier alpha value is -2.55. The van der Waals surface area contributed by atoms with Crippen LogP contribution in [0.5, 0.6) is 0 Å². The van der Waals surface area contributed by atoms with Crippen LogP contribution in [-0.4, -0.2) is 52.6 Å². The number of rotatable bonds is 0. The molecule has 0 aliphatic rings. The standard InChI is InChI=1S/C4F6O3.C2HF3O2.C2H4O2/c5-3(6,7)1(11)13-2(12)4(8,9)10;3-2(4,5)1(6)7;1-2(3)4/h;(H,6,7);1H3,(H,3,4). The highest BCUT2D eigenvalue weighted by atomic mass is 19.4. The molecule has 2 N–H and O–H groups in total. The molecule has 0 amide bonds. The monoisotopic (exact) mass is 384 g/mol. The van der Waals surface area contributed by atoms with Gasteiger partial charge in [-0.05, 0) is 0 Å². The van der Waals surface area contributed by atoms with E-state index in [9.17, 15) is 49.1 Å². The molecule has 0 aromatic heterocycles. The highest BCUT2D eigenvalue weighted by Crippen LogP contribution is 2.21. The van der Waals surface area contributed by atoms with Gasteiger partial charge in [0.25, 0.3) is 5.97 Å². The van der Waals surface area contributed by atoms with E-state index >= 15 is 0 Å². The molecule has 7 nitrogen and oxygen atoms in total. The molecule has 0 heterocycles. The van der Waals surface area contributed by atoms with E-state index in [1.54, 1.807) is 0 Å². The lowest BCUT2D eigenvalue weighted by Crippen LogP contribution is -2.34. The zero-order chi connectivity index (χ0) is 20.5. The van der Waals surface area contributed by atoms with Gasteiger partial charge in [0.2, 0.25) is 0 Å². The summed E-state index contributed by atoms with van der Waals surface area (Å²) in [6.07, 6.45) is -16.3. The molecule has 24 heavy (non-hydrogen) atoms. The normalized spacial score (nSPS) is 11.1. The van der Waals surface area contributed by atoms with Crippen molar-refractivity contribution >= 4 is 23.9 Å². The van der Waals surface area contributed by atoms with Crippen LogP contribution in [0.4, 0.5) is 39.5 Å². The van der Waals surface area contributed by atoms with Crippen molar-refractivity contribution in [3.8, 4) is 0 Å². The van der Waals surface area contributed by atoms with Gasteiger partial charge in [-0.25, -0.2) is 14.4 Å². The topological polar surface area (TPSA) is 118 Å². The van der Waals surface area contributed by atoms with E-state index in [1.807, 2.05) is 0 Å². The first-order valence-corrected chi connectivity index (χ1v) is 4.62. The molecule has 0 aromatic rings. The summed E-state index contributed by atoms with van der Waals surface area (Å²) < 4.78 is 101. The molecule has 0 unspecified atom stereocenters. The first kappa shape index (κ1) is 26.4. The van der Waals surface area contributed by atoms with Crippen LogP contribution in [0, 0.1) is 0 Å². The Kier molecular flexibility index (Phi) is 10.5. The molecule has 0 radical (unpaired) electrons. The summed E-state index contributed by atoms with van der Waals surface area (Å²) >= 11 is 0. The average Bonchev–Trinajstić information content (AvgIpc) is 2.24. The van der Waals surface area contributed by atoms with E-state index in [0.29, 0.717) is 0 Å². The van der Waals surface area contributed by atoms with Crippen molar-refractivity contribution in [3.63, 3.8) is 0 Å². The molecular weight excluding hydrogens is 379 g/mol. The van der Waals surface area contributed by atoms with Crippen molar-refractivity contribution in [2.24, 2.45) is 0 Å². The quantitative estimate of drug-likeness (QED) is 0.372. The van der Waals surface area contributed by atoms with Crippen LogP contribution in [0.2, 0.25) is 0 Å². The van der Waals surface area contributed by atoms with E-state index in [-0.39, 0.29) is 0 Å². The number of carboxylic acid groups (broad SMARTS) is 2. The van der Waals surface area contributed by atoms with E-state index < -0.39 is 42.4 Å².